The van der Waals surface area contributed by atoms with Crippen LogP contribution in [0.5, 0.6) is 11.5 Å². The molecule has 1 saturated carbocycles. The Kier molecular flexibility index (Phi) is 8.97. The van der Waals surface area contributed by atoms with E-state index in [9.17, 15) is 9.59 Å². The van der Waals surface area contributed by atoms with Gasteiger partial charge in [-0.2, -0.15) is 0 Å². The average molecular weight is 585 g/mol. The van der Waals surface area contributed by atoms with Crippen molar-refractivity contribution in [1.82, 2.24) is 9.88 Å². The average Bonchev–Trinajstić information content (AvgIpc) is 3.63. The predicted octanol–water partition coefficient (Wildman–Crippen LogP) is 8.24. The van der Waals surface area contributed by atoms with Crippen molar-refractivity contribution in [1.29, 1.82) is 0 Å². The smallest absolute Gasteiger partial charge is 0.325 e. The second kappa shape index (κ2) is 12.7. The van der Waals surface area contributed by atoms with E-state index < -0.39 is 5.97 Å². The van der Waals surface area contributed by atoms with Crippen molar-refractivity contribution >= 4 is 34.0 Å². The van der Waals surface area contributed by atoms with Gasteiger partial charge in [0.1, 0.15) is 23.7 Å². The molecular formula is C35H40N2O4S. The van der Waals surface area contributed by atoms with Crippen LogP contribution in [-0.2, 0) is 27.9 Å². The number of rotatable bonds is 9. The topological polar surface area (TPSA) is 68.7 Å². The number of amides is 1. The highest BCUT2D eigenvalue weighted by atomic mass is 32.1. The van der Waals surface area contributed by atoms with Crippen LogP contribution in [0.4, 0.5) is 0 Å². The van der Waals surface area contributed by atoms with Gasteiger partial charge in [-0.05, 0) is 78.1 Å². The minimum absolute atomic E-state index is 0.0760. The van der Waals surface area contributed by atoms with Gasteiger partial charge in [0.05, 0.1) is 13.7 Å². The van der Waals surface area contributed by atoms with Crippen LogP contribution in [0.1, 0.15) is 78.0 Å². The summed E-state index contributed by atoms with van der Waals surface area (Å²) in [6, 6.07) is 20.1. The summed E-state index contributed by atoms with van der Waals surface area (Å²) in [6.07, 6.45) is 5.61. The Morgan fingerprint density at radius 2 is 1.69 bits per heavy atom. The van der Waals surface area contributed by atoms with E-state index in [1.807, 2.05) is 55.5 Å². The second-order valence-corrected chi connectivity index (χ2v) is 13.7. The lowest BCUT2D eigenvalue weighted by Gasteiger charge is -2.22. The number of methoxy groups -OCH3 is 1. The molecule has 5 rings (SSSR count). The van der Waals surface area contributed by atoms with Crippen molar-refractivity contribution in [3.05, 3.63) is 87.4 Å². The van der Waals surface area contributed by atoms with E-state index in [0.717, 1.165) is 44.1 Å². The molecular weight excluding hydrogens is 544 g/mol. The molecule has 2 aromatic carbocycles. The lowest BCUT2D eigenvalue weighted by Crippen LogP contribution is -2.36. The molecule has 1 aliphatic carbocycles. The Hall–Kier alpha value is -3.71. The number of carbonyl (C=O) groups excluding carboxylic acids is 2. The molecule has 0 atom stereocenters. The fraction of sp³-hybridized carbons (Fsp3) is 0.400. The highest BCUT2D eigenvalue weighted by Crippen LogP contribution is 2.33. The number of esters is 1. The molecule has 6 nitrogen and oxygen atoms in total. The fourth-order valence-corrected chi connectivity index (χ4v) is 6.52. The summed E-state index contributed by atoms with van der Waals surface area (Å²) in [5, 5.41) is 1.93. The van der Waals surface area contributed by atoms with E-state index in [1.165, 1.54) is 43.3 Å². The molecule has 0 bridgehead atoms. The fourth-order valence-electron chi connectivity index (χ4n) is 5.61. The van der Waals surface area contributed by atoms with E-state index in [-0.39, 0.29) is 17.9 Å². The van der Waals surface area contributed by atoms with Gasteiger partial charge < -0.3 is 14.4 Å². The van der Waals surface area contributed by atoms with Gasteiger partial charge in [-0.1, -0.05) is 64.7 Å². The third kappa shape index (κ3) is 7.19. The zero-order valence-electron chi connectivity index (χ0n) is 25.2. The summed E-state index contributed by atoms with van der Waals surface area (Å²) >= 11 is 1.61. The van der Waals surface area contributed by atoms with Crippen molar-refractivity contribution in [2.75, 3.05) is 13.7 Å². The third-order valence-electron chi connectivity index (χ3n) is 7.99. The molecule has 0 spiro atoms. The van der Waals surface area contributed by atoms with E-state index in [2.05, 4.69) is 32.9 Å². The van der Waals surface area contributed by atoms with Crippen molar-refractivity contribution in [3.8, 4) is 11.5 Å². The number of ether oxygens (including phenoxy) is 2. The van der Waals surface area contributed by atoms with Gasteiger partial charge >= 0.3 is 5.97 Å². The van der Waals surface area contributed by atoms with Gasteiger partial charge in [0, 0.05) is 20.8 Å². The van der Waals surface area contributed by atoms with Gasteiger partial charge in [0.15, 0.2) is 0 Å². The molecule has 0 saturated heterocycles. The molecule has 220 valence electrons. The number of pyridine rings is 1. The second-order valence-electron chi connectivity index (χ2n) is 12.3. The predicted molar refractivity (Wildman–Crippen MR) is 168 cm³/mol. The van der Waals surface area contributed by atoms with Gasteiger partial charge in [-0.3, -0.25) is 9.59 Å². The maximum atomic E-state index is 13.9. The van der Waals surface area contributed by atoms with Gasteiger partial charge in [-0.15, -0.1) is 11.3 Å². The quantitative estimate of drug-likeness (QED) is 0.185. The van der Waals surface area contributed by atoms with Crippen molar-refractivity contribution < 1.29 is 19.1 Å². The number of aryl methyl sites for hydroxylation is 1. The highest BCUT2D eigenvalue weighted by Gasteiger charge is 2.25. The number of hydrogen-bond acceptors (Lipinski definition) is 6. The minimum atomic E-state index is -0.457. The van der Waals surface area contributed by atoms with Crippen molar-refractivity contribution in [2.45, 2.75) is 71.8 Å². The Bertz CT molecular complexity index is 1560. The van der Waals surface area contributed by atoms with E-state index in [1.54, 1.807) is 11.3 Å². The molecule has 0 radical (unpaired) electrons. The van der Waals surface area contributed by atoms with Crippen LogP contribution >= 0.6 is 11.3 Å². The molecule has 0 aliphatic heterocycles. The highest BCUT2D eigenvalue weighted by molar-refractivity contribution is 7.11. The monoisotopic (exact) mass is 584 g/mol. The molecule has 1 amide bonds. The maximum absolute atomic E-state index is 13.9. The minimum Gasteiger partial charge on any atom is -0.468 e. The molecule has 7 heteroatoms. The standard InChI is InChI=1S/C35H40N2O4S/c1-23-10-17-29(42-23)21-37(22-33(38)40-5)34(39)32-19-25-11-14-28(41-27-15-12-26(13-16-27)35(2,3)4)20-30(25)31(36-32)18-24-8-6-7-9-24/h10-17,19-20,24H,6-9,18,21-22H2,1-5H3. The Balaban J connectivity index is 1.48. The largest absolute Gasteiger partial charge is 0.468 e. The van der Waals surface area contributed by atoms with E-state index in [0.29, 0.717) is 18.2 Å². The molecule has 42 heavy (non-hydrogen) atoms. The SMILES string of the molecule is COC(=O)CN(Cc1ccc(C)s1)C(=O)c1cc2ccc(Oc3ccc(C(C)(C)C)cc3)cc2c(CC2CCCC2)n1. The first-order chi connectivity index (χ1) is 20.1. The molecule has 0 unspecified atom stereocenters. The number of aromatic nitrogens is 1. The zero-order valence-corrected chi connectivity index (χ0v) is 26.1. The number of fused-ring (bicyclic) bond motifs is 1. The summed E-state index contributed by atoms with van der Waals surface area (Å²) in [4.78, 5) is 34.8. The summed E-state index contributed by atoms with van der Waals surface area (Å²) in [5.41, 5.74) is 2.58. The molecule has 2 aromatic heterocycles. The molecule has 1 aliphatic rings. The number of benzene rings is 2. The number of carbonyl (C=O) groups is 2. The van der Waals surface area contributed by atoms with Crippen LogP contribution in [0.15, 0.2) is 60.7 Å². The van der Waals surface area contributed by atoms with Crippen LogP contribution in [-0.4, -0.2) is 35.4 Å². The first-order valence-corrected chi connectivity index (χ1v) is 15.5. The van der Waals surface area contributed by atoms with Crippen molar-refractivity contribution in [2.24, 2.45) is 5.92 Å². The number of thiophene rings is 1. The van der Waals surface area contributed by atoms with Crippen molar-refractivity contribution in [3.63, 3.8) is 0 Å². The Labute approximate surface area is 252 Å². The summed E-state index contributed by atoms with van der Waals surface area (Å²) in [7, 11) is 1.34. The van der Waals surface area contributed by atoms with Gasteiger partial charge in [-0.25, -0.2) is 4.98 Å². The van der Waals surface area contributed by atoms with E-state index in [4.69, 9.17) is 14.5 Å². The lowest BCUT2D eigenvalue weighted by molar-refractivity contribution is -0.141. The van der Waals surface area contributed by atoms with Gasteiger partial charge in [0.25, 0.3) is 5.91 Å². The normalized spacial score (nSPS) is 13.8. The Morgan fingerprint density at radius 3 is 2.33 bits per heavy atom. The third-order valence-corrected chi connectivity index (χ3v) is 8.98. The van der Waals surface area contributed by atoms with Crippen LogP contribution < -0.4 is 4.74 Å². The van der Waals surface area contributed by atoms with Crippen LogP contribution in [0, 0.1) is 12.8 Å². The first-order valence-electron chi connectivity index (χ1n) is 14.7. The summed E-state index contributed by atoms with van der Waals surface area (Å²) in [5.74, 6) is 1.32. The summed E-state index contributed by atoms with van der Waals surface area (Å²) in [6.45, 7) is 8.81. The van der Waals surface area contributed by atoms with E-state index >= 15 is 0 Å². The molecule has 0 N–H and O–H groups in total. The van der Waals surface area contributed by atoms with Crippen LogP contribution in [0.2, 0.25) is 0 Å². The number of nitrogens with zero attached hydrogens (tertiary/aromatic N) is 2. The summed E-state index contributed by atoms with van der Waals surface area (Å²) < 4.78 is 11.2. The lowest BCUT2D eigenvalue weighted by atomic mass is 9.87. The molecule has 1 fully saturated rings. The number of hydrogen-bond donors (Lipinski definition) is 0. The Morgan fingerprint density at radius 1 is 0.976 bits per heavy atom. The molecule has 2 heterocycles. The van der Waals surface area contributed by atoms with Gasteiger partial charge in [0.2, 0.25) is 0 Å². The molecule has 4 aromatic rings. The van der Waals surface area contributed by atoms with Crippen LogP contribution in [0.25, 0.3) is 10.8 Å². The first kappa shape index (κ1) is 29.8. The zero-order chi connectivity index (χ0) is 29.9. The van der Waals surface area contributed by atoms with Crippen LogP contribution in [0.3, 0.4) is 0 Å². The maximum Gasteiger partial charge on any atom is 0.325 e.